The molecule has 1 aliphatic heterocycles. The van der Waals surface area contributed by atoms with E-state index < -0.39 is 11.9 Å². The molecule has 0 saturated carbocycles. The lowest BCUT2D eigenvalue weighted by Gasteiger charge is -2.31. The van der Waals surface area contributed by atoms with E-state index in [1.807, 2.05) is 0 Å². The van der Waals surface area contributed by atoms with E-state index in [-0.39, 0.29) is 12.5 Å². The van der Waals surface area contributed by atoms with Crippen LogP contribution in [0.15, 0.2) is 18.2 Å². The molecule has 0 aromatic heterocycles. The summed E-state index contributed by atoms with van der Waals surface area (Å²) in [5, 5.41) is 9.78. The van der Waals surface area contributed by atoms with Gasteiger partial charge < -0.3 is 10.0 Å². The van der Waals surface area contributed by atoms with Crippen molar-refractivity contribution in [3.63, 3.8) is 0 Å². The fourth-order valence-corrected chi connectivity index (χ4v) is 2.57. The molecule has 0 spiro atoms. The van der Waals surface area contributed by atoms with Crippen molar-refractivity contribution >= 4 is 35.1 Å². The zero-order valence-corrected chi connectivity index (χ0v) is 11.6. The van der Waals surface area contributed by atoms with E-state index in [4.69, 9.17) is 28.3 Å². The Balaban J connectivity index is 2.19. The van der Waals surface area contributed by atoms with Gasteiger partial charge in [0.15, 0.2) is 0 Å². The molecule has 0 aliphatic carbocycles. The van der Waals surface area contributed by atoms with Crippen LogP contribution in [0.1, 0.15) is 23.2 Å². The normalized spacial score (nSPS) is 19.3. The first-order chi connectivity index (χ1) is 8.99. The van der Waals surface area contributed by atoms with Crippen LogP contribution in [0.3, 0.4) is 0 Å². The molecule has 1 aromatic rings. The number of nitrogens with zero attached hydrogens (tertiary/aromatic N) is 1. The smallest absolute Gasteiger partial charge is 0.308 e. The number of carboxylic acid groups (broad SMARTS) is 1. The van der Waals surface area contributed by atoms with Crippen LogP contribution in [0.4, 0.5) is 0 Å². The Morgan fingerprint density at radius 1 is 1.32 bits per heavy atom. The van der Waals surface area contributed by atoms with Crippen LogP contribution in [0.5, 0.6) is 0 Å². The monoisotopic (exact) mass is 301 g/mol. The van der Waals surface area contributed by atoms with E-state index in [1.165, 1.54) is 11.0 Å². The third-order valence-corrected chi connectivity index (χ3v) is 3.78. The summed E-state index contributed by atoms with van der Waals surface area (Å²) in [5.74, 6) is -1.64. The summed E-state index contributed by atoms with van der Waals surface area (Å²) >= 11 is 11.8. The fraction of sp³-hybridized carbons (Fsp3) is 0.385. The Morgan fingerprint density at radius 3 is 2.74 bits per heavy atom. The highest BCUT2D eigenvalue weighted by Gasteiger charge is 2.29. The molecule has 1 aliphatic rings. The molecular weight excluding hydrogens is 289 g/mol. The average Bonchev–Trinajstić information content (AvgIpc) is 2.41. The SMILES string of the molecule is O=C(O)C1CCCN(C(=O)c2cc(Cl)ccc2Cl)C1. The van der Waals surface area contributed by atoms with Crippen molar-refractivity contribution in [2.45, 2.75) is 12.8 Å². The molecule has 1 N–H and O–H groups in total. The minimum Gasteiger partial charge on any atom is -0.481 e. The maximum Gasteiger partial charge on any atom is 0.308 e. The molecule has 1 aromatic carbocycles. The van der Waals surface area contributed by atoms with Gasteiger partial charge in [0, 0.05) is 18.1 Å². The first kappa shape index (κ1) is 14.2. The number of carboxylic acids is 1. The fourth-order valence-electron chi connectivity index (χ4n) is 2.19. The number of amides is 1. The van der Waals surface area contributed by atoms with Gasteiger partial charge in [0.2, 0.25) is 0 Å². The number of carbonyl (C=O) groups is 2. The zero-order valence-electron chi connectivity index (χ0n) is 10.1. The Morgan fingerprint density at radius 2 is 2.05 bits per heavy atom. The van der Waals surface area contributed by atoms with Crippen molar-refractivity contribution in [3.05, 3.63) is 33.8 Å². The third-order valence-electron chi connectivity index (χ3n) is 3.22. The molecule has 1 unspecified atom stereocenters. The van der Waals surface area contributed by atoms with Crippen molar-refractivity contribution in [1.82, 2.24) is 4.90 Å². The van der Waals surface area contributed by atoms with Crippen molar-refractivity contribution in [1.29, 1.82) is 0 Å². The Kier molecular flexibility index (Phi) is 4.32. The Hall–Kier alpha value is -1.26. The average molecular weight is 302 g/mol. The van der Waals surface area contributed by atoms with Gasteiger partial charge in [-0.2, -0.15) is 0 Å². The number of carbonyl (C=O) groups excluding carboxylic acids is 1. The second-order valence-electron chi connectivity index (χ2n) is 4.55. The van der Waals surface area contributed by atoms with Crippen LogP contribution in [-0.2, 0) is 4.79 Å². The van der Waals surface area contributed by atoms with Gasteiger partial charge in [-0.15, -0.1) is 0 Å². The number of likely N-dealkylation sites (tertiary alicyclic amines) is 1. The third kappa shape index (κ3) is 3.19. The summed E-state index contributed by atoms with van der Waals surface area (Å²) in [6.07, 6.45) is 1.28. The summed E-state index contributed by atoms with van der Waals surface area (Å²) < 4.78 is 0. The lowest BCUT2D eigenvalue weighted by Crippen LogP contribution is -2.42. The second kappa shape index (κ2) is 5.80. The number of hydrogen-bond donors (Lipinski definition) is 1. The largest absolute Gasteiger partial charge is 0.481 e. The second-order valence-corrected chi connectivity index (χ2v) is 5.40. The first-order valence-electron chi connectivity index (χ1n) is 5.96. The highest BCUT2D eigenvalue weighted by atomic mass is 35.5. The summed E-state index contributed by atoms with van der Waals surface area (Å²) in [4.78, 5) is 24.9. The van der Waals surface area contributed by atoms with Crippen molar-refractivity contribution in [2.24, 2.45) is 5.92 Å². The van der Waals surface area contributed by atoms with Gasteiger partial charge in [-0.25, -0.2) is 0 Å². The van der Waals surface area contributed by atoms with Crippen molar-refractivity contribution < 1.29 is 14.7 Å². The number of hydrogen-bond acceptors (Lipinski definition) is 2. The molecule has 6 heteroatoms. The molecule has 2 rings (SSSR count). The topological polar surface area (TPSA) is 57.6 Å². The molecule has 0 radical (unpaired) electrons. The van der Waals surface area contributed by atoms with Gasteiger partial charge in [0.25, 0.3) is 5.91 Å². The molecule has 1 heterocycles. The van der Waals surface area contributed by atoms with Crippen molar-refractivity contribution in [3.8, 4) is 0 Å². The maximum atomic E-state index is 12.3. The lowest BCUT2D eigenvalue weighted by molar-refractivity contribution is -0.143. The highest BCUT2D eigenvalue weighted by Crippen LogP contribution is 2.25. The maximum absolute atomic E-state index is 12.3. The van der Waals surface area contributed by atoms with E-state index in [1.54, 1.807) is 12.1 Å². The van der Waals surface area contributed by atoms with E-state index in [0.717, 1.165) is 0 Å². The minimum atomic E-state index is -0.866. The van der Waals surface area contributed by atoms with Gasteiger partial charge in [-0.3, -0.25) is 9.59 Å². The van der Waals surface area contributed by atoms with Crippen molar-refractivity contribution in [2.75, 3.05) is 13.1 Å². The number of piperidine rings is 1. The minimum absolute atomic E-state index is 0.219. The number of aliphatic carboxylic acids is 1. The van der Waals surface area contributed by atoms with Gasteiger partial charge in [-0.05, 0) is 31.0 Å². The van der Waals surface area contributed by atoms with Gasteiger partial charge in [0.1, 0.15) is 0 Å². The summed E-state index contributed by atoms with van der Waals surface area (Å²) in [7, 11) is 0. The molecule has 1 amide bonds. The van der Waals surface area contributed by atoms with Gasteiger partial charge >= 0.3 is 5.97 Å². The predicted molar refractivity (Wildman–Crippen MR) is 72.7 cm³/mol. The number of benzene rings is 1. The van der Waals surface area contributed by atoms with Crippen LogP contribution in [0.25, 0.3) is 0 Å². The quantitative estimate of drug-likeness (QED) is 0.914. The molecule has 102 valence electrons. The van der Waals surface area contributed by atoms with Crippen LogP contribution < -0.4 is 0 Å². The predicted octanol–water partition coefficient (Wildman–Crippen LogP) is 2.93. The van der Waals surface area contributed by atoms with Gasteiger partial charge in [-0.1, -0.05) is 23.2 Å². The van der Waals surface area contributed by atoms with Crippen LogP contribution >= 0.6 is 23.2 Å². The molecule has 1 atom stereocenters. The van der Waals surface area contributed by atoms with Crippen LogP contribution in [0.2, 0.25) is 10.0 Å². The molecule has 19 heavy (non-hydrogen) atoms. The van der Waals surface area contributed by atoms with E-state index in [2.05, 4.69) is 0 Å². The molecule has 4 nitrogen and oxygen atoms in total. The standard InChI is InChI=1S/C13H13Cl2NO3/c14-9-3-4-11(15)10(6-9)12(17)16-5-1-2-8(7-16)13(18)19/h3-4,6,8H,1-2,5,7H2,(H,18,19). The van der Waals surface area contributed by atoms with E-state index in [0.29, 0.717) is 35.0 Å². The number of rotatable bonds is 2. The van der Waals surface area contributed by atoms with E-state index >= 15 is 0 Å². The molecule has 1 fully saturated rings. The first-order valence-corrected chi connectivity index (χ1v) is 6.72. The van der Waals surface area contributed by atoms with E-state index in [9.17, 15) is 9.59 Å². The Bertz CT molecular complexity index is 519. The lowest BCUT2D eigenvalue weighted by atomic mass is 9.97. The summed E-state index contributed by atoms with van der Waals surface area (Å²) in [6.45, 7) is 0.766. The Labute approximate surface area is 120 Å². The zero-order chi connectivity index (χ0) is 14.0. The molecule has 1 saturated heterocycles. The van der Waals surface area contributed by atoms with Crippen LogP contribution in [0, 0.1) is 5.92 Å². The summed E-state index contributed by atoms with van der Waals surface area (Å²) in [6, 6.07) is 4.68. The molecular formula is C13H13Cl2NO3. The summed E-state index contributed by atoms with van der Waals surface area (Å²) in [5.41, 5.74) is 0.320. The van der Waals surface area contributed by atoms with Gasteiger partial charge in [0.05, 0.1) is 16.5 Å². The van der Waals surface area contributed by atoms with Crippen LogP contribution in [-0.4, -0.2) is 35.0 Å². The number of halogens is 2. The molecule has 0 bridgehead atoms. The highest BCUT2D eigenvalue weighted by molar-refractivity contribution is 6.35.